The molecule has 3 rings (SSSR count). The lowest BCUT2D eigenvalue weighted by atomic mass is 9.97. The summed E-state index contributed by atoms with van der Waals surface area (Å²) in [6, 6.07) is 3.38. The molecule has 0 saturated carbocycles. The van der Waals surface area contributed by atoms with Crippen LogP contribution in [-0.4, -0.2) is 30.1 Å². The Bertz CT molecular complexity index is 536. The van der Waals surface area contributed by atoms with Crippen LogP contribution < -0.4 is 9.91 Å². The third kappa shape index (κ3) is 2.52. The standard InChI is InChI=1S/C13H14ClNO4.H2O/c1-12(2)17-6-13(7-18-12)5-8-3-10(15-16)9(14)4-11(8)19-13;/h3-4H,5-7H2,1-2H3;1H2. The maximum Gasteiger partial charge on any atom is 0.272 e. The van der Waals surface area contributed by atoms with Crippen molar-refractivity contribution in [2.24, 2.45) is 0 Å². The molecule has 0 aliphatic carbocycles. The van der Waals surface area contributed by atoms with Gasteiger partial charge in [-0.1, -0.05) is 11.6 Å². The van der Waals surface area contributed by atoms with Crippen molar-refractivity contribution in [2.45, 2.75) is 31.7 Å². The molecular formula is C13H16ClNO5. The second kappa shape index (κ2) is 4.96. The zero-order valence-electron chi connectivity index (χ0n) is 11.2. The van der Waals surface area contributed by atoms with Gasteiger partial charge in [0.15, 0.2) is 11.4 Å². The fourth-order valence-electron chi connectivity index (χ4n) is 2.38. The highest BCUT2D eigenvalue weighted by Crippen LogP contribution is 2.41. The summed E-state index contributed by atoms with van der Waals surface area (Å²) in [4.78, 5) is 10.8. The first-order chi connectivity index (χ1) is 8.93. The highest BCUT2D eigenvalue weighted by Gasteiger charge is 2.46. The number of nitroso groups, excluding NO2 is 1. The fourth-order valence-corrected chi connectivity index (χ4v) is 2.57. The molecule has 0 unspecified atom stereocenters. The largest absolute Gasteiger partial charge is 0.870 e. The number of hydrogen-bond donors (Lipinski definition) is 1. The van der Waals surface area contributed by atoms with Gasteiger partial charge in [-0.25, -0.2) is 0 Å². The summed E-state index contributed by atoms with van der Waals surface area (Å²) in [5, 5.41) is 2.18. The first kappa shape index (κ1) is 15.2. The zero-order chi connectivity index (χ0) is 13.7. The normalized spacial score (nSPS) is 21.8. The van der Waals surface area contributed by atoms with E-state index in [9.17, 15) is 4.91 Å². The Morgan fingerprint density at radius 1 is 1.25 bits per heavy atom. The van der Waals surface area contributed by atoms with Gasteiger partial charge in [0.05, 0.1) is 13.2 Å². The summed E-state index contributed by atoms with van der Waals surface area (Å²) < 4.78 is 17.3. The fraction of sp³-hybridized carbons (Fsp3) is 0.538. The molecule has 2 aliphatic heterocycles. The Morgan fingerprint density at radius 3 is 2.50 bits per heavy atom. The number of rotatable bonds is 1. The van der Waals surface area contributed by atoms with Gasteiger partial charge in [-0.3, -0.25) is 0 Å². The number of halogens is 1. The first-order valence-corrected chi connectivity index (χ1v) is 6.48. The quantitative estimate of drug-likeness (QED) is 0.839. The van der Waals surface area contributed by atoms with Crippen molar-refractivity contribution >= 4 is 17.3 Å². The molecule has 0 radical (unpaired) electrons. The number of fused-ring (bicyclic) bond motifs is 1. The summed E-state index contributed by atoms with van der Waals surface area (Å²) in [5.74, 6) is 0.110. The Morgan fingerprint density at radius 2 is 1.90 bits per heavy atom. The number of hydrogen-bond acceptors (Lipinski definition) is 5. The summed E-state index contributed by atoms with van der Waals surface area (Å²) >= 11 is 5.98. The van der Waals surface area contributed by atoms with E-state index in [0.717, 1.165) is 5.56 Å². The SMILES string of the molecule is CC1(C)OCC2(CO1)Cc1cc([NH+]=O)c(Cl)cc1O2.[OH-]. The number of benzene rings is 1. The van der Waals surface area contributed by atoms with E-state index in [4.69, 9.17) is 25.8 Å². The Labute approximate surface area is 121 Å². The van der Waals surface area contributed by atoms with Crippen molar-refractivity contribution in [1.82, 2.24) is 0 Å². The molecule has 1 saturated heterocycles. The second-order valence-electron chi connectivity index (χ2n) is 5.48. The van der Waals surface area contributed by atoms with Crippen molar-refractivity contribution in [3.05, 3.63) is 27.6 Å². The average molecular weight is 302 g/mol. The van der Waals surface area contributed by atoms with Crippen molar-refractivity contribution in [3.63, 3.8) is 0 Å². The van der Waals surface area contributed by atoms with Crippen LogP contribution in [0.1, 0.15) is 19.4 Å². The van der Waals surface area contributed by atoms with E-state index in [0.29, 0.717) is 36.1 Å². The minimum Gasteiger partial charge on any atom is -0.870 e. The smallest absolute Gasteiger partial charge is 0.272 e. The van der Waals surface area contributed by atoms with Gasteiger partial charge in [0, 0.05) is 34.2 Å². The third-order valence-corrected chi connectivity index (χ3v) is 3.78. The molecule has 1 aromatic rings. The zero-order valence-corrected chi connectivity index (χ0v) is 12.0. The van der Waals surface area contributed by atoms with E-state index in [2.05, 4.69) is 0 Å². The van der Waals surface area contributed by atoms with Crippen LogP contribution in [0.2, 0.25) is 5.02 Å². The molecule has 6 nitrogen and oxygen atoms in total. The van der Waals surface area contributed by atoms with Crippen molar-refractivity contribution in [2.75, 3.05) is 13.2 Å². The van der Waals surface area contributed by atoms with E-state index in [1.54, 1.807) is 12.1 Å². The van der Waals surface area contributed by atoms with Crippen LogP contribution >= 0.6 is 11.6 Å². The molecular weight excluding hydrogens is 286 g/mol. The highest BCUT2D eigenvalue weighted by atomic mass is 35.5. The molecule has 1 spiro atoms. The van der Waals surface area contributed by atoms with Crippen molar-refractivity contribution in [1.29, 1.82) is 0 Å². The monoisotopic (exact) mass is 301 g/mol. The molecule has 7 heteroatoms. The molecule has 0 bridgehead atoms. The lowest BCUT2D eigenvalue weighted by Gasteiger charge is -2.40. The summed E-state index contributed by atoms with van der Waals surface area (Å²) in [6.07, 6.45) is 0.643. The molecule has 2 heterocycles. The molecule has 2 aliphatic rings. The molecule has 2 N–H and O–H groups in total. The summed E-state index contributed by atoms with van der Waals surface area (Å²) in [5.41, 5.74) is 0.789. The average Bonchev–Trinajstić information content (AvgIpc) is 2.70. The third-order valence-electron chi connectivity index (χ3n) is 3.46. The van der Waals surface area contributed by atoms with E-state index < -0.39 is 11.4 Å². The Balaban J connectivity index is 0.00000147. The molecule has 1 aromatic carbocycles. The first-order valence-electron chi connectivity index (χ1n) is 6.11. The minimum absolute atomic E-state index is 0. The van der Waals surface area contributed by atoms with E-state index in [-0.39, 0.29) is 5.48 Å². The minimum atomic E-state index is -0.581. The van der Waals surface area contributed by atoms with Crippen LogP contribution in [0, 0.1) is 4.91 Å². The van der Waals surface area contributed by atoms with Crippen LogP contribution in [0.5, 0.6) is 5.75 Å². The van der Waals surface area contributed by atoms with Gasteiger partial charge in [-0.2, -0.15) is 0 Å². The van der Waals surface area contributed by atoms with Gasteiger partial charge in [0.2, 0.25) is 0 Å². The number of nitrogens with one attached hydrogen (secondary N) is 1. The summed E-state index contributed by atoms with van der Waals surface area (Å²) in [7, 11) is 0. The van der Waals surface area contributed by atoms with Gasteiger partial charge < -0.3 is 19.7 Å². The Hall–Kier alpha value is -1.21. The van der Waals surface area contributed by atoms with Gasteiger partial charge in [-0.15, -0.1) is 0 Å². The molecule has 0 amide bonds. The predicted octanol–water partition coefficient (Wildman–Crippen LogP) is 1.10. The molecule has 0 atom stereocenters. The number of ether oxygens (including phenoxy) is 3. The van der Waals surface area contributed by atoms with Gasteiger partial charge in [0.1, 0.15) is 10.8 Å². The lowest BCUT2D eigenvalue weighted by Crippen LogP contribution is -2.56. The second-order valence-corrected chi connectivity index (χ2v) is 5.89. The highest BCUT2D eigenvalue weighted by molar-refractivity contribution is 6.32. The van der Waals surface area contributed by atoms with E-state index in [1.165, 1.54) is 0 Å². The van der Waals surface area contributed by atoms with E-state index in [1.807, 2.05) is 19.0 Å². The van der Waals surface area contributed by atoms with Crippen LogP contribution in [0.4, 0.5) is 5.69 Å². The Kier molecular flexibility index (Phi) is 3.77. The lowest BCUT2D eigenvalue weighted by molar-refractivity contribution is -0.379. The van der Waals surface area contributed by atoms with Gasteiger partial charge >= 0.3 is 0 Å². The molecule has 1 fully saturated rings. The maximum atomic E-state index is 10.8. The summed E-state index contributed by atoms with van der Waals surface area (Å²) in [6.45, 7) is 4.65. The molecule has 20 heavy (non-hydrogen) atoms. The van der Waals surface area contributed by atoms with Crippen molar-refractivity contribution < 1.29 is 24.9 Å². The van der Waals surface area contributed by atoms with Crippen LogP contribution in [0.15, 0.2) is 12.1 Å². The molecule has 110 valence electrons. The topological polar surface area (TPSA) is 88.7 Å². The van der Waals surface area contributed by atoms with Gasteiger partial charge in [0.25, 0.3) is 5.69 Å². The van der Waals surface area contributed by atoms with Crippen LogP contribution in [0.3, 0.4) is 0 Å². The van der Waals surface area contributed by atoms with Crippen LogP contribution in [0.25, 0.3) is 0 Å². The van der Waals surface area contributed by atoms with Crippen molar-refractivity contribution in [3.8, 4) is 5.75 Å². The molecule has 0 aromatic heterocycles. The maximum absolute atomic E-state index is 10.8. The van der Waals surface area contributed by atoms with Gasteiger partial charge in [-0.05, 0) is 13.8 Å². The predicted molar refractivity (Wildman–Crippen MR) is 70.4 cm³/mol. The van der Waals surface area contributed by atoms with Crippen LogP contribution in [-0.2, 0) is 15.9 Å². The van der Waals surface area contributed by atoms with E-state index >= 15 is 0 Å².